The van der Waals surface area contributed by atoms with Gasteiger partial charge in [0.15, 0.2) is 0 Å². The molecule has 34 heavy (non-hydrogen) atoms. The summed E-state index contributed by atoms with van der Waals surface area (Å²) in [5.74, 6) is -1.62. The van der Waals surface area contributed by atoms with E-state index in [9.17, 15) is 31.9 Å². The molecule has 0 unspecified atom stereocenters. The topological polar surface area (TPSA) is 67.8 Å². The minimum absolute atomic E-state index is 0.128. The summed E-state index contributed by atoms with van der Waals surface area (Å²) in [5.41, 5.74) is -1.26. The number of hydrogen-bond acceptors (Lipinski definition) is 4. The van der Waals surface area contributed by atoms with Crippen molar-refractivity contribution in [2.45, 2.75) is 25.8 Å². The molecule has 0 aliphatic carbocycles. The van der Waals surface area contributed by atoms with E-state index in [1.165, 1.54) is 30.3 Å². The Hall–Kier alpha value is -3.53. The minimum Gasteiger partial charge on any atom is -0.507 e. The van der Waals surface area contributed by atoms with E-state index in [-0.39, 0.29) is 34.4 Å². The Labute approximate surface area is 195 Å². The van der Waals surface area contributed by atoms with Gasteiger partial charge in [-0.15, -0.1) is 0 Å². The first-order chi connectivity index (χ1) is 15.8. The summed E-state index contributed by atoms with van der Waals surface area (Å²) in [5, 5.41) is 12.3. The molecule has 3 rings (SSSR count). The second-order valence-corrected chi connectivity index (χ2v) is 7.61. The van der Waals surface area contributed by atoms with E-state index in [0.29, 0.717) is 18.6 Å². The number of carbonyl (C=O) groups is 1. The predicted octanol–water partition coefficient (Wildman–Crippen LogP) is 6.89. The van der Waals surface area contributed by atoms with E-state index in [1.807, 2.05) is 0 Å². The number of nitrogens with one attached hydrogen (secondary N) is 1. The average Bonchev–Trinajstić information content (AvgIpc) is 2.73. The molecule has 11 heteroatoms. The van der Waals surface area contributed by atoms with Crippen molar-refractivity contribution in [3.05, 3.63) is 82.4 Å². The minimum atomic E-state index is -4.70. The van der Waals surface area contributed by atoms with E-state index in [0.717, 1.165) is 24.3 Å². The molecule has 0 bridgehead atoms. The Kier molecular flexibility index (Phi) is 7.21. The van der Waals surface area contributed by atoms with Gasteiger partial charge in [0, 0.05) is 11.9 Å². The lowest BCUT2D eigenvalue weighted by atomic mass is 10.1. The van der Waals surface area contributed by atoms with E-state index in [1.54, 1.807) is 0 Å². The molecule has 0 aromatic heterocycles. The quantitative estimate of drug-likeness (QED) is 0.346. The maximum absolute atomic E-state index is 13.2. The van der Waals surface area contributed by atoms with Gasteiger partial charge in [-0.25, -0.2) is 0 Å². The van der Waals surface area contributed by atoms with Crippen LogP contribution in [0.5, 0.6) is 17.2 Å². The lowest BCUT2D eigenvalue weighted by Gasteiger charge is -2.17. The molecule has 0 saturated carbocycles. The van der Waals surface area contributed by atoms with Crippen molar-refractivity contribution in [1.82, 2.24) is 0 Å². The lowest BCUT2D eigenvalue weighted by molar-refractivity contribution is -0.159. The fraction of sp³-hybridized carbons (Fsp3) is 0.174. The summed E-state index contributed by atoms with van der Waals surface area (Å²) >= 11 is 5.83. The molecule has 2 N–H and O–H groups in total. The normalized spacial score (nSPS) is 11.7. The maximum Gasteiger partial charge on any atom is 0.416 e. The van der Waals surface area contributed by atoms with Crippen LogP contribution in [0.25, 0.3) is 0 Å². The van der Waals surface area contributed by atoms with Gasteiger partial charge in [-0.05, 0) is 54.1 Å². The highest BCUT2D eigenvalue weighted by Crippen LogP contribution is 2.36. The summed E-state index contributed by atoms with van der Waals surface area (Å²) in [6, 6.07) is 11.7. The second kappa shape index (κ2) is 9.76. The van der Waals surface area contributed by atoms with Crippen LogP contribution in [0.1, 0.15) is 28.4 Å². The molecule has 0 aliphatic rings. The molecule has 1 amide bonds. The van der Waals surface area contributed by atoms with Gasteiger partial charge < -0.3 is 19.9 Å². The van der Waals surface area contributed by atoms with Gasteiger partial charge in [0.2, 0.25) is 0 Å². The molecule has 0 fully saturated rings. The van der Waals surface area contributed by atoms with Crippen molar-refractivity contribution in [3.8, 4) is 17.2 Å². The van der Waals surface area contributed by atoms with Gasteiger partial charge in [0.1, 0.15) is 23.9 Å². The Morgan fingerprint density at radius 3 is 2.44 bits per heavy atom. The second-order valence-electron chi connectivity index (χ2n) is 7.17. The van der Waals surface area contributed by atoms with Gasteiger partial charge in [-0.3, -0.25) is 4.79 Å². The Bertz CT molecular complexity index is 1190. The van der Waals surface area contributed by atoms with Crippen LogP contribution in [0.2, 0.25) is 5.02 Å². The zero-order valence-corrected chi connectivity index (χ0v) is 18.2. The SMILES string of the molecule is CC(F)(F)Oc1cccc(COc2ccc(C(F)(F)F)cc2NC(=O)c2cc(Cl)ccc2O)c1. The van der Waals surface area contributed by atoms with Crippen molar-refractivity contribution >= 4 is 23.2 Å². The molecule has 0 spiro atoms. The molecular formula is C23H17ClF5NO4. The standard InChI is InChI=1S/C23H17ClF5NO4/c1-22(25,26)34-16-4-2-3-13(9-16)12-33-20-8-5-14(23(27,28)29)10-18(20)30-21(32)17-11-15(24)6-7-19(17)31/h2-11,31H,12H2,1H3,(H,30,32). The number of phenolic OH excluding ortho intramolecular Hbond substituents is 1. The molecular weight excluding hydrogens is 485 g/mol. The summed E-state index contributed by atoms with van der Waals surface area (Å²) in [6.45, 7) is 0.341. The predicted molar refractivity (Wildman–Crippen MR) is 115 cm³/mol. The number of phenols is 1. The number of ether oxygens (including phenoxy) is 2. The third-order valence-electron chi connectivity index (χ3n) is 4.35. The van der Waals surface area contributed by atoms with Crippen LogP contribution < -0.4 is 14.8 Å². The number of halogens is 6. The van der Waals surface area contributed by atoms with E-state index >= 15 is 0 Å². The molecule has 3 aromatic carbocycles. The highest BCUT2D eigenvalue weighted by atomic mass is 35.5. The Balaban J connectivity index is 1.87. The monoisotopic (exact) mass is 501 g/mol. The number of rotatable bonds is 7. The van der Waals surface area contributed by atoms with Crippen LogP contribution in [0.15, 0.2) is 60.7 Å². The summed E-state index contributed by atoms with van der Waals surface area (Å²) < 4.78 is 75.9. The van der Waals surface area contributed by atoms with Crippen LogP contribution in [0.3, 0.4) is 0 Å². The third kappa shape index (κ3) is 6.74. The van der Waals surface area contributed by atoms with E-state index in [4.69, 9.17) is 16.3 Å². The molecule has 0 heterocycles. The zero-order chi connectivity index (χ0) is 25.1. The summed E-state index contributed by atoms with van der Waals surface area (Å²) in [4.78, 5) is 12.6. The fourth-order valence-electron chi connectivity index (χ4n) is 2.88. The number of benzene rings is 3. The fourth-order valence-corrected chi connectivity index (χ4v) is 3.05. The Morgan fingerprint density at radius 1 is 1.03 bits per heavy atom. The first kappa shape index (κ1) is 25.1. The van der Waals surface area contributed by atoms with Crippen LogP contribution in [0, 0.1) is 0 Å². The van der Waals surface area contributed by atoms with E-state index in [2.05, 4.69) is 10.1 Å². The molecule has 0 atom stereocenters. The van der Waals surface area contributed by atoms with Crippen molar-refractivity contribution < 1.29 is 41.3 Å². The van der Waals surface area contributed by atoms with Gasteiger partial charge in [-0.2, -0.15) is 22.0 Å². The number of hydrogen-bond donors (Lipinski definition) is 2. The number of amides is 1. The number of carbonyl (C=O) groups excluding carboxylic acids is 1. The highest BCUT2D eigenvalue weighted by Gasteiger charge is 2.31. The molecule has 0 aliphatic heterocycles. The first-order valence-electron chi connectivity index (χ1n) is 9.61. The van der Waals surface area contributed by atoms with Crippen LogP contribution in [-0.2, 0) is 12.8 Å². The third-order valence-corrected chi connectivity index (χ3v) is 4.58. The molecule has 0 radical (unpaired) electrons. The largest absolute Gasteiger partial charge is 0.507 e. The maximum atomic E-state index is 13.2. The molecule has 180 valence electrons. The lowest BCUT2D eigenvalue weighted by Crippen LogP contribution is -2.19. The average molecular weight is 502 g/mol. The van der Waals surface area contributed by atoms with Crippen LogP contribution >= 0.6 is 11.6 Å². The van der Waals surface area contributed by atoms with Gasteiger partial charge >= 0.3 is 12.3 Å². The summed E-state index contributed by atoms with van der Waals surface area (Å²) in [6.07, 6.45) is -8.11. The Morgan fingerprint density at radius 2 is 1.76 bits per heavy atom. The van der Waals surface area contributed by atoms with Gasteiger partial charge in [0.25, 0.3) is 5.91 Å². The van der Waals surface area contributed by atoms with Gasteiger partial charge in [0.05, 0.1) is 16.8 Å². The molecule has 0 saturated heterocycles. The first-order valence-corrected chi connectivity index (χ1v) is 9.99. The molecule has 3 aromatic rings. The number of alkyl halides is 5. The van der Waals surface area contributed by atoms with Crippen molar-refractivity contribution in [3.63, 3.8) is 0 Å². The van der Waals surface area contributed by atoms with Crippen molar-refractivity contribution in [2.24, 2.45) is 0 Å². The van der Waals surface area contributed by atoms with Gasteiger partial charge in [-0.1, -0.05) is 23.7 Å². The number of anilines is 1. The van der Waals surface area contributed by atoms with Crippen molar-refractivity contribution in [1.29, 1.82) is 0 Å². The van der Waals surface area contributed by atoms with Crippen molar-refractivity contribution in [2.75, 3.05) is 5.32 Å². The molecule has 5 nitrogen and oxygen atoms in total. The van der Waals surface area contributed by atoms with E-state index < -0.39 is 29.5 Å². The highest BCUT2D eigenvalue weighted by molar-refractivity contribution is 6.31. The zero-order valence-electron chi connectivity index (χ0n) is 17.4. The number of aromatic hydroxyl groups is 1. The van der Waals surface area contributed by atoms with Crippen LogP contribution in [0.4, 0.5) is 27.6 Å². The summed E-state index contributed by atoms with van der Waals surface area (Å²) in [7, 11) is 0. The smallest absolute Gasteiger partial charge is 0.416 e. The van der Waals surface area contributed by atoms with Crippen LogP contribution in [-0.4, -0.2) is 17.1 Å².